The second-order valence-corrected chi connectivity index (χ2v) is 9.18. The summed E-state index contributed by atoms with van der Waals surface area (Å²) < 4.78 is 16.1. The Morgan fingerprint density at radius 2 is 1.69 bits per heavy atom. The molecule has 0 radical (unpaired) electrons. The molecule has 1 aliphatic heterocycles. The molecular weight excluding hydrogens is 452 g/mol. The molecule has 1 fully saturated rings. The largest absolute Gasteiger partial charge is 0.481 e. The third kappa shape index (κ3) is 4.74. The lowest BCUT2D eigenvalue weighted by atomic mass is 9.97. The van der Waals surface area contributed by atoms with Gasteiger partial charge < -0.3 is 29.5 Å². The van der Waals surface area contributed by atoms with Gasteiger partial charge in [-0.05, 0) is 29.2 Å². The van der Waals surface area contributed by atoms with Crippen LogP contribution in [0.2, 0.25) is 0 Å². The van der Waals surface area contributed by atoms with Gasteiger partial charge in [0.1, 0.15) is 18.1 Å². The topological polar surface area (TPSA) is 114 Å². The summed E-state index contributed by atoms with van der Waals surface area (Å²) >= 11 is 0. The molecule has 0 saturated carbocycles. The molecular formula is C26H30N2O7. The molecule has 35 heavy (non-hydrogen) atoms. The van der Waals surface area contributed by atoms with E-state index in [4.69, 9.17) is 14.2 Å². The van der Waals surface area contributed by atoms with E-state index in [1.807, 2.05) is 36.4 Å². The molecule has 0 spiro atoms. The number of rotatable bonds is 8. The minimum atomic E-state index is -1.46. The van der Waals surface area contributed by atoms with Crippen LogP contribution in [0.3, 0.4) is 0 Å². The van der Waals surface area contributed by atoms with E-state index in [1.54, 1.807) is 0 Å². The van der Waals surface area contributed by atoms with Crippen molar-refractivity contribution in [2.75, 3.05) is 40.6 Å². The summed E-state index contributed by atoms with van der Waals surface area (Å²) in [6, 6.07) is 15.4. The number of nitrogens with zero attached hydrogens (tertiary/aromatic N) is 1. The predicted molar refractivity (Wildman–Crippen MR) is 127 cm³/mol. The number of methoxy groups -OCH3 is 1. The lowest BCUT2D eigenvalue weighted by Crippen LogP contribution is -2.62. The first-order chi connectivity index (χ1) is 16.8. The second kappa shape index (κ2) is 10.1. The van der Waals surface area contributed by atoms with Crippen molar-refractivity contribution in [3.05, 3.63) is 59.7 Å². The Balaban J connectivity index is 1.46. The Labute approximate surface area is 204 Å². The van der Waals surface area contributed by atoms with Crippen LogP contribution in [0.1, 0.15) is 24.0 Å². The summed E-state index contributed by atoms with van der Waals surface area (Å²) in [5, 5.41) is 12.1. The highest BCUT2D eigenvalue weighted by molar-refractivity contribution is 5.90. The van der Waals surface area contributed by atoms with Crippen LogP contribution in [0.4, 0.5) is 4.79 Å². The Morgan fingerprint density at radius 3 is 2.26 bits per heavy atom. The Kier molecular flexibility index (Phi) is 7.09. The van der Waals surface area contributed by atoms with Gasteiger partial charge in [-0.3, -0.25) is 9.59 Å². The molecule has 3 unspecified atom stereocenters. The summed E-state index contributed by atoms with van der Waals surface area (Å²) in [4.78, 5) is 39.1. The van der Waals surface area contributed by atoms with Gasteiger partial charge in [0.25, 0.3) is 5.91 Å². The number of nitrogens with one attached hydrogen (secondary N) is 1. The molecule has 9 nitrogen and oxygen atoms in total. The van der Waals surface area contributed by atoms with Crippen LogP contribution in [0.5, 0.6) is 0 Å². The average Bonchev–Trinajstić information content (AvgIpc) is 3.45. The van der Waals surface area contributed by atoms with E-state index in [9.17, 15) is 19.5 Å². The van der Waals surface area contributed by atoms with Gasteiger partial charge in [-0.15, -0.1) is 0 Å². The third-order valence-electron chi connectivity index (χ3n) is 6.81. The Bertz CT molecular complexity index is 1070. The molecule has 1 heterocycles. The fraction of sp³-hybridized carbons (Fsp3) is 0.423. The highest BCUT2D eigenvalue weighted by Gasteiger charge is 2.45. The van der Waals surface area contributed by atoms with Crippen LogP contribution in [-0.2, 0) is 23.8 Å². The van der Waals surface area contributed by atoms with Crippen molar-refractivity contribution < 1.29 is 33.7 Å². The maximum atomic E-state index is 13.4. The Hall–Kier alpha value is -3.43. The zero-order valence-corrected chi connectivity index (χ0v) is 20.0. The number of carbonyl (C=O) groups is 3. The van der Waals surface area contributed by atoms with E-state index < -0.39 is 35.5 Å². The number of carboxylic acids is 1. The van der Waals surface area contributed by atoms with Gasteiger partial charge in [0.15, 0.2) is 0 Å². The molecule has 1 aliphatic carbocycles. The zero-order valence-electron chi connectivity index (χ0n) is 20.0. The highest BCUT2D eigenvalue weighted by atomic mass is 16.5. The van der Waals surface area contributed by atoms with Gasteiger partial charge in [0, 0.05) is 20.1 Å². The van der Waals surface area contributed by atoms with Crippen LogP contribution >= 0.6 is 0 Å². The maximum absolute atomic E-state index is 13.4. The quantitative estimate of drug-likeness (QED) is 0.594. The molecule has 4 rings (SSSR count). The van der Waals surface area contributed by atoms with Crippen LogP contribution in [-0.4, -0.2) is 80.1 Å². The van der Waals surface area contributed by atoms with Gasteiger partial charge in [-0.25, -0.2) is 4.79 Å². The number of likely N-dealkylation sites (N-methyl/N-ethyl adjacent to an activating group) is 1. The standard InChI is InChI=1S/C26H30N2O7/c1-26(15-33-3,24(31)28(2)22-14-34-12-21(22)23(29)30)27-25(32)35-13-20-18-10-6-4-8-16(18)17-9-5-7-11-19(17)20/h4-11,20-22H,12-15H2,1-3H3,(H,27,32)(H,29,30). The first-order valence-corrected chi connectivity index (χ1v) is 11.5. The van der Waals surface area contributed by atoms with E-state index in [2.05, 4.69) is 17.4 Å². The molecule has 1 saturated heterocycles. The molecule has 0 bridgehead atoms. The van der Waals surface area contributed by atoms with Crippen molar-refractivity contribution in [3.63, 3.8) is 0 Å². The lowest BCUT2D eigenvalue weighted by Gasteiger charge is -2.36. The summed E-state index contributed by atoms with van der Waals surface area (Å²) in [5.41, 5.74) is 2.93. The molecule has 3 atom stereocenters. The van der Waals surface area contributed by atoms with Gasteiger partial charge in [0.05, 0.1) is 25.9 Å². The maximum Gasteiger partial charge on any atom is 0.408 e. The number of aliphatic carboxylic acids is 1. The van der Waals surface area contributed by atoms with Crippen LogP contribution in [0.15, 0.2) is 48.5 Å². The minimum absolute atomic E-state index is 0.0262. The van der Waals surface area contributed by atoms with E-state index in [1.165, 1.54) is 26.0 Å². The van der Waals surface area contributed by atoms with E-state index >= 15 is 0 Å². The summed E-state index contributed by atoms with van der Waals surface area (Å²) in [7, 11) is 2.93. The third-order valence-corrected chi connectivity index (χ3v) is 6.81. The number of hydrogen-bond acceptors (Lipinski definition) is 6. The van der Waals surface area contributed by atoms with Crippen molar-refractivity contribution in [3.8, 4) is 11.1 Å². The van der Waals surface area contributed by atoms with Gasteiger partial charge in [-0.1, -0.05) is 48.5 Å². The Morgan fingerprint density at radius 1 is 1.09 bits per heavy atom. The van der Waals surface area contributed by atoms with Crippen LogP contribution in [0, 0.1) is 5.92 Å². The van der Waals surface area contributed by atoms with Gasteiger partial charge in [0.2, 0.25) is 0 Å². The molecule has 2 amide bonds. The van der Waals surface area contributed by atoms with Crippen molar-refractivity contribution in [1.82, 2.24) is 10.2 Å². The summed E-state index contributed by atoms with van der Waals surface area (Å²) in [6.45, 7) is 1.64. The number of hydrogen-bond donors (Lipinski definition) is 2. The van der Waals surface area contributed by atoms with Crippen LogP contribution in [0.25, 0.3) is 11.1 Å². The number of carboxylic acid groups (broad SMARTS) is 1. The number of benzene rings is 2. The van der Waals surface area contributed by atoms with Crippen molar-refractivity contribution >= 4 is 18.0 Å². The average molecular weight is 483 g/mol. The van der Waals surface area contributed by atoms with E-state index in [0.29, 0.717) is 0 Å². The van der Waals surface area contributed by atoms with Crippen molar-refractivity contribution in [1.29, 1.82) is 0 Å². The first-order valence-electron chi connectivity index (χ1n) is 11.5. The monoisotopic (exact) mass is 482 g/mol. The predicted octanol–water partition coefficient (Wildman–Crippen LogP) is 2.49. The highest BCUT2D eigenvalue weighted by Crippen LogP contribution is 2.44. The number of alkyl carbamates (subject to hydrolysis) is 1. The minimum Gasteiger partial charge on any atom is -0.481 e. The van der Waals surface area contributed by atoms with E-state index in [0.717, 1.165) is 22.3 Å². The number of carbonyl (C=O) groups excluding carboxylic acids is 2. The summed E-state index contributed by atoms with van der Waals surface area (Å²) in [6.07, 6.45) is -0.759. The smallest absolute Gasteiger partial charge is 0.408 e. The number of fused-ring (bicyclic) bond motifs is 3. The molecule has 2 aromatic carbocycles. The number of amides is 2. The molecule has 2 aliphatic rings. The molecule has 9 heteroatoms. The summed E-state index contributed by atoms with van der Waals surface area (Å²) in [5.74, 6) is -2.49. The lowest BCUT2D eigenvalue weighted by molar-refractivity contribution is -0.147. The van der Waals surface area contributed by atoms with Crippen molar-refractivity contribution in [2.45, 2.75) is 24.4 Å². The van der Waals surface area contributed by atoms with Gasteiger partial charge >= 0.3 is 12.1 Å². The van der Waals surface area contributed by atoms with Crippen LogP contribution < -0.4 is 5.32 Å². The van der Waals surface area contributed by atoms with Gasteiger partial charge in [-0.2, -0.15) is 0 Å². The fourth-order valence-electron chi connectivity index (χ4n) is 5.00. The second-order valence-electron chi connectivity index (χ2n) is 9.18. The first kappa shape index (κ1) is 24.7. The zero-order chi connectivity index (χ0) is 25.2. The van der Waals surface area contributed by atoms with Crippen molar-refractivity contribution in [2.24, 2.45) is 5.92 Å². The fourth-order valence-corrected chi connectivity index (χ4v) is 5.00. The number of ether oxygens (including phenoxy) is 3. The SMILES string of the molecule is COCC(C)(NC(=O)OCC1c2ccccc2-c2ccccc21)C(=O)N(C)C1COCC1C(=O)O. The molecule has 0 aromatic heterocycles. The normalized spacial score (nSPS) is 20.4. The van der Waals surface area contributed by atoms with E-state index in [-0.39, 0.29) is 32.3 Å². The molecule has 186 valence electrons. The molecule has 2 N–H and O–H groups in total. The molecule has 2 aromatic rings.